The van der Waals surface area contributed by atoms with E-state index in [1.165, 1.54) is 9.58 Å². The van der Waals surface area contributed by atoms with E-state index >= 15 is 0 Å². The monoisotopic (exact) mass is 318 g/mol. The predicted molar refractivity (Wildman–Crippen MR) is 90.3 cm³/mol. The average molecular weight is 318 g/mol. The lowest BCUT2D eigenvalue weighted by atomic mass is 10.3. The van der Waals surface area contributed by atoms with Crippen molar-refractivity contribution in [3.8, 4) is 0 Å². The van der Waals surface area contributed by atoms with E-state index in [1.807, 2.05) is 24.6 Å². The first-order valence-corrected chi connectivity index (χ1v) is 8.70. The van der Waals surface area contributed by atoms with Crippen LogP contribution in [0.5, 0.6) is 0 Å². The summed E-state index contributed by atoms with van der Waals surface area (Å²) in [5.74, 6) is 0.0838. The third kappa shape index (κ3) is 2.63. The van der Waals surface area contributed by atoms with Crippen LogP contribution in [0.1, 0.15) is 35.3 Å². The molecule has 0 spiro atoms. The van der Waals surface area contributed by atoms with Gasteiger partial charge in [-0.15, -0.1) is 22.7 Å². The highest BCUT2D eigenvalue weighted by atomic mass is 32.1. The Bertz CT molecular complexity index is 753. The zero-order valence-corrected chi connectivity index (χ0v) is 14.0. The molecule has 0 N–H and O–H groups in total. The van der Waals surface area contributed by atoms with Crippen molar-refractivity contribution in [3.05, 3.63) is 45.6 Å². The molecular formula is C16H18N2OS2. The van der Waals surface area contributed by atoms with Crippen molar-refractivity contribution in [2.75, 3.05) is 7.05 Å². The minimum atomic E-state index is 0.0838. The molecule has 0 aliphatic rings. The van der Waals surface area contributed by atoms with E-state index in [9.17, 15) is 4.79 Å². The van der Waals surface area contributed by atoms with Gasteiger partial charge in [-0.1, -0.05) is 6.07 Å². The summed E-state index contributed by atoms with van der Waals surface area (Å²) < 4.78 is 3.32. The Kier molecular flexibility index (Phi) is 3.87. The quantitative estimate of drug-likeness (QED) is 0.689. The summed E-state index contributed by atoms with van der Waals surface area (Å²) in [6.45, 7) is 4.90. The van der Waals surface area contributed by atoms with Gasteiger partial charge < -0.3 is 9.47 Å². The van der Waals surface area contributed by atoms with Gasteiger partial charge in [-0.2, -0.15) is 0 Å². The zero-order chi connectivity index (χ0) is 15.0. The molecule has 3 heterocycles. The molecule has 3 aromatic rings. The third-order valence-corrected chi connectivity index (χ3v) is 5.23. The number of thiophene rings is 2. The molecule has 21 heavy (non-hydrogen) atoms. The molecule has 0 aliphatic heterocycles. The number of nitrogens with zero attached hydrogens (tertiary/aromatic N) is 2. The van der Waals surface area contributed by atoms with Crippen molar-refractivity contribution < 1.29 is 4.79 Å². The minimum Gasteiger partial charge on any atom is -0.335 e. The van der Waals surface area contributed by atoms with Crippen LogP contribution in [0.2, 0.25) is 0 Å². The standard InChI is InChI=1S/C16H18N2OS2/c1-11(2)18-13-6-8-21-15(13)9-14(18)16(19)17(3)10-12-5-4-7-20-12/h4-9,11H,10H2,1-3H3. The second-order valence-electron chi connectivity index (χ2n) is 5.40. The molecule has 3 rings (SSSR count). The molecule has 3 aromatic heterocycles. The number of aromatic nitrogens is 1. The van der Waals surface area contributed by atoms with E-state index in [2.05, 4.69) is 35.9 Å². The first-order chi connectivity index (χ1) is 10.1. The molecule has 0 atom stereocenters. The van der Waals surface area contributed by atoms with Gasteiger partial charge in [-0.3, -0.25) is 4.79 Å². The lowest BCUT2D eigenvalue weighted by Crippen LogP contribution is -2.28. The van der Waals surface area contributed by atoms with E-state index in [1.54, 1.807) is 27.6 Å². The lowest BCUT2D eigenvalue weighted by molar-refractivity contribution is 0.0774. The molecule has 0 unspecified atom stereocenters. The number of carbonyl (C=O) groups is 1. The fraction of sp³-hybridized carbons (Fsp3) is 0.312. The van der Waals surface area contributed by atoms with E-state index in [4.69, 9.17) is 0 Å². The summed E-state index contributed by atoms with van der Waals surface area (Å²) in [6, 6.07) is 8.47. The maximum atomic E-state index is 12.8. The molecule has 0 fully saturated rings. The maximum Gasteiger partial charge on any atom is 0.270 e. The van der Waals surface area contributed by atoms with Crippen LogP contribution in [0.15, 0.2) is 35.0 Å². The van der Waals surface area contributed by atoms with E-state index in [0.29, 0.717) is 6.54 Å². The van der Waals surface area contributed by atoms with Gasteiger partial charge in [-0.05, 0) is 42.8 Å². The van der Waals surface area contributed by atoms with Crippen LogP contribution in [-0.2, 0) is 6.54 Å². The summed E-state index contributed by atoms with van der Waals surface area (Å²) in [7, 11) is 1.87. The third-order valence-electron chi connectivity index (χ3n) is 3.52. The van der Waals surface area contributed by atoms with E-state index < -0.39 is 0 Å². The molecule has 1 amide bonds. The second-order valence-corrected chi connectivity index (χ2v) is 7.38. The Labute approximate surface area is 132 Å². The zero-order valence-electron chi connectivity index (χ0n) is 12.4. The van der Waals surface area contributed by atoms with Gasteiger partial charge in [0.25, 0.3) is 5.91 Å². The maximum absolute atomic E-state index is 12.8. The Morgan fingerprint density at radius 2 is 2.10 bits per heavy atom. The molecule has 0 saturated heterocycles. The Hall–Kier alpha value is -1.59. The smallest absolute Gasteiger partial charge is 0.270 e. The number of amides is 1. The minimum absolute atomic E-state index is 0.0838. The van der Waals surface area contributed by atoms with Crippen LogP contribution in [0, 0.1) is 0 Å². The van der Waals surface area contributed by atoms with Gasteiger partial charge in [0.2, 0.25) is 0 Å². The predicted octanol–water partition coefficient (Wildman–Crippen LogP) is 4.62. The molecule has 0 aromatic carbocycles. The van der Waals surface area contributed by atoms with Gasteiger partial charge in [0, 0.05) is 18.0 Å². The molecule has 110 valence electrons. The Morgan fingerprint density at radius 3 is 2.76 bits per heavy atom. The number of hydrogen-bond acceptors (Lipinski definition) is 3. The number of carbonyl (C=O) groups excluding carboxylic acids is 1. The molecule has 5 heteroatoms. The van der Waals surface area contributed by atoms with E-state index in [-0.39, 0.29) is 11.9 Å². The highest BCUT2D eigenvalue weighted by molar-refractivity contribution is 7.17. The van der Waals surface area contributed by atoms with Crippen LogP contribution >= 0.6 is 22.7 Å². The first kappa shape index (κ1) is 14.4. The number of rotatable bonds is 4. The summed E-state index contributed by atoms with van der Waals surface area (Å²) in [5, 5.41) is 4.12. The SMILES string of the molecule is CC(C)n1c(C(=O)N(C)Cc2cccs2)cc2sccc21. The Balaban J connectivity index is 1.93. The van der Waals surface area contributed by atoms with Gasteiger partial charge >= 0.3 is 0 Å². The fourth-order valence-corrected chi connectivity index (χ4v) is 4.14. The molecule has 0 saturated carbocycles. The Morgan fingerprint density at radius 1 is 1.29 bits per heavy atom. The highest BCUT2D eigenvalue weighted by Gasteiger charge is 2.21. The first-order valence-electron chi connectivity index (χ1n) is 6.94. The van der Waals surface area contributed by atoms with Crippen molar-refractivity contribution in [2.45, 2.75) is 26.4 Å². The molecular weight excluding hydrogens is 300 g/mol. The van der Waals surface area contributed by atoms with Crippen LogP contribution < -0.4 is 0 Å². The van der Waals surface area contributed by atoms with Crippen molar-refractivity contribution >= 4 is 38.8 Å². The lowest BCUT2D eigenvalue weighted by Gasteiger charge is -2.19. The van der Waals surface area contributed by atoms with Crippen molar-refractivity contribution in [1.82, 2.24) is 9.47 Å². The largest absolute Gasteiger partial charge is 0.335 e. The topological polar surface area (TPSA) is 25.2 Å². The molecule has 3 nitrogen and oxygen atoms in total. The highest BCUT2D eigenvalue weighted by Crippen LogP contribution is 2.29. The van der Waals surface area contributed by atoms with E-state index in [0.717, 1.165) is 11.2 Å². The summed E-state index contributed by atoms with van der Waals surface area (Å²) in [5.41, 5.74) is 1.94. The molecule has 0 radical (unpaired) electrons. The van der Waals surface area contributed by atoms with Crippen LogP contribution in [0.4, 0.5) is 0 Å². The van der Waals surface area contributed by atoms with Crippen LogP contribution in [-0.4, -0.2) is 22.4 Å². The van der Waals surface area contributed by atoms with Gasteiger partial charge in [0.1, 0.15) is 5.69 Å². The van der Waals surface area contributed by atoms with Gasteiger partial charge in [-0.25, -0.2) is 0 Å². The summed E-state index contributed by atoms with van der Waals surface area (Å²) in [4.78, 5) is 15.8. The second kappa shape index (κ2) is 5.66. The fourth-order valence-electron chi connectivity index (χ4n) is 2.57. The van der Waals surface area contributed by atoms with Crippen molar-refractivity contribution in [1.29, 1.82) is 0 Å². The average Bonchev–Trinajstić information content (AvgIpc) is 3.12. The number of hydrogen-bond donors (Lipinski definition) is 0. The van der Waals surface area contributed by atoms with Crippen molar-refractivity contribution in [3.63, 3.8) is 0 Å². The van der Waals surface area contributed by atoms with Crippen LogP contribution in [0.25, 0.3) is 10.2 Å². The molecule has 0 aliphatic carbocycles. The summed E-state index contributed by atoms with van der Waals surface area (Å²) in [6.07, 6.45) is 0. The normalized spacial score (nSPS) is 11.4. The van der Waals surface area contributed by atoms with Crippen molar-refractivity contribution in [2.24, 2.45) is 0 Å². The van der Waals surface area contributed by atoms with Crippen LogP contribution in [0.3, 0.4) is 0 Å². The summed E-state index contributed by atoms with van der Waals surface area (Å²) >= 11 is 3.37. The molecule has 0 bridgehead atoms. The number of fused-ring (bicyclic) bond motifs is 1. The van der Waals surface area contributed by atoms with Gasteiger partial charge in [0.05, 0.1) is 16.8 Å². The van der Waals surface area contributed by atoms with Gasteiger partial charge in [0.15, 0.2) is 0 Å².